The van der Waals surface area contributed by atoms with Crippen molar-refractivity contribution in [1.29, 1.82) is 0 Å². The number of alkyl halides is 4. The number of halogens is 4. The SMILES string of the molecule is COCCN(C)S(=O)(=O)C(F)(F)C(C)(F)F. The molecule has 0 unspecified atom stereocenters. The molecule has 98 valence electrons. The third-order valence-corrected chi connectivity index (χ3v) is 3.87. The monoisotopic (exact) mass is 267 g/mol. The zero-order valence-corrected chi connectivity index (χ0v) is 9.82. The van der Waals surface area contributed by atoms with Crippen LogP contribution in [0.5, 0.6) is 0 Å². The molecular formula is C7H13F4NO3S. The van der Waals surface area contributed by atoms with Crippen LogP contribution in [0.4, 0.5) is 17.6 Å². The van der Waals surface area contributed by atoms with Gasteiger partial charge in [-0.2, -0.15) is 21.9 Å². The van der Waals surface area contributed by atoms with Crippen molar-refractivity contribution in [3.63, 3.8) is 0 Å². The van der Waals surface area contributed by atoms with Crippen molar-refractivity contribution in [2.24, 2.45) is 0 Å². The Hall–Kier alpha value is -0.410. The molecule has 9 heteroatoms. The van der Waals surface area contributed by atoms with Gasteiger partial charge in [0.15, 0.2) is 0 Å². The Labute approximate surface area is 91.2 Å². The van der Waals surface area contributed by atoms with E-state index in [-0.39, 0.29) is 17.8 Å². The third kappa shape index (κ3) is 2.83. The van der Waals surface area contributed by atoms with E-state index in [0.717, 1.165) is 7.05 Å². The van der Waals surface area contributed by atoms with Crippen molar-refractivity contribution >= 4 is 10.0 Å². The maximum atomic E-state index is 13.0. The fourth-order valence-electron chi connectivity index (χ4n) is 0.762. The second-order valence-electron chi connectivity index (χ2n) is 3.22. The van der Waals surface area contributed by atoms with E-state index in [4.69, 9.17) is 0 Å². The summed E-state index contributed by atoms with van der Waals surface area (Å²) >= 11 is 0. The van der Waals surface area contributed by atoms with Crippen LogP contribution in [-0.4, -0.2) is 51.2 Å². The topological polar surface area (TPSA) is 46.6 Å². The summed E-state index contributed by atoms with van der Waals surface area (Å²) in [5, 5.41) is -5.14. The van der Waals surface area contributed by atoms with Crippen molar-refractivity contribution in [2.45, 2.75) is 18.1 Å². The summed E-state index contributed by atoms with van der Waals surface area (Å²) in [7, 11) is -3.38. The fraction of sp³-hybridized carbons (Fsp3) is 1.00. The molecule has 0 aromatic heterocycles. The standard InChI is InChI=1S/C7H13F4NO3S/c1-6(8,9)7(10,11)16(13,14)12(2)4-5-15-3/h4-5H2,1-3H3. The van der Waals surface area contributed by atoms with Crippen LogP contribution in [0, 0.1) is 0 Å². The second-order valence-corrected chi connectivity index (χ2v) is 5.31. The molecule has 0 aliphatic rings. The van der Waals surface area contributed by atoms with E-state index < -0.39 is 27.7 Å². The molecule has 0 aromatic rings. The van der Waals surface area contributed by atoms with Gasteiger partial charge in [-0.05, 0) is 0 Å². The zero-order valence-electron chi connectivity index (χ0n) is 9.01. The highest BCUT2D eigenvalue weighted by molar-refractivity contribution is 7.90. The number of likely N-dealkylation sites (N-methyl/N-ethyl adjacent to an activating group) is 1. The summed E-state index contributed by atoms with van der Waals surface area (Å²) in [6, 6.07) is 0. The van der Waals surface area contributed by atoms with E-state index in [0.29, 0.717) is 0 Å². The Morgan fingerprint density at radius 3 is 2.00 bits per heavy atom. The Morgan fingerprint density at radius 1 is 1.25 bits per heavy atom. The molecule has 0 saturated heterocycles. The maximum Gasteiger partial charge on any atom is 0.420 e. The molecule has 16 heavy (non-hydrogen) atoms. The van der Waals surface area contributed by atoms with Crippen molar-refractivity contribution in [3.8, 4) is 0 Å². The van der Waals surface area contributed by atoms with Gasteiger partial charge in [0.1, 0.15) is 0 Å². The molecule has 0 amide bonds. The van der Waals surface area contributed by atoms with E-state index in [1.54, 1.807) is 0 Å². The quantitative estimate of drug-likeness (QED) is 0.678. The molecule has 0 aliphatic heterocycles. The van der Waals surface area contributed by atoms with Crippen LogP contribution >= 0.6 is 0 Å². The molecule has 0 N–H and O–H groups in total. The van der Waals surface area contributed by atoms with Gasteiger partial charge in [-0.3, -0.25) is 0 Å². The molecule has 0 atom stereocenters. The lowest BCUT2D eigenvalue weighted by atomic mass is 10.4. The van der Waals surface area contributed by atoms with Crippen molar-refractivity contribution in [3.05, 3.63) is 0 Å². The van der Waals surface area contributed by atoms with Gasteiger partial charge in [0.05, 0.1) is 6.61 Å². The van der Waals surface area contributed by atoms with E-state index in [1.165, 1.54) is 7.11 Å². The van der Waals surface area contributed by atoms with Gasteiger partial charge in [-0.15, -0.1) is 0 Å². The number of methoxy groups -OCH3 is 1. The number of hydrogen-bond acceptors (Lipinski definition) is 3. The molecule has 4 nitrogen and oxygen atoms in total. The second kappa shape index (κ2) is 4.84. The van der Waals surface area contributed by atoms with Crippen LogP contribution in [0.2, 0.25) is 0 Å². The molecular weight excluding hydrogens is 254 g/mol. The molecule has 0 radical (unpaired) electrons. The van der Waals surface area contributed by atoms with Gasteiger partial charge >= 0.3 is 11.2 Å². The third-order valence-electron chi connectivity index (χ3n) is 1.86. The largest absolute Gasteiger partial charge is 0.420 e. The average Bonchev–Trinajstić information content (AvgIpc) is 2.11. The van der Waals surface area contributed by atoms with Crippen molar-refractivity contribution in [1.82, 2.24) is 4.31 Å². The highest BCUT2D eigenvalue weighted by atomic mass is 32.2. The normalized spacial score (nSPS) is 14.5. The molecule has 0 rings (SSSR count). The van der Waals surface area contributed by atoms with Crippen molar-refractivity contribution in [2.75, 3.05) is 27.3 Å². The minimum Gasteiger partial charge on any atom is -0.383 e. The average molecular weight is 267 g/mol. The van der Waals surface area contributed by atoms with Gasteiger partial charge in [-0.1, -0.05) is 0 Å². The molecule has 0 aliphatic carbocycles. The van der Waals surface area contributed by atoms with Gasteiger partial charge in [-0.25, -0.2) is 8.42 Å². The fourth-order valence-corrected chi connectivity index (χ4v) is 1.92. The predicted molar refractivity (Wildman–Crippen MR) is 49.0 cm³/mol. The van der Waals surface area contributed by atoms with E-state index in [9.17, 15) is 26.0 Å². The predicted octanol–water partition coefficient (Wildman–Crippen LogP) is 1.14. The van der Waals surface area contributed by atoms with Crippen LogP contribution in [0.1, 0.15) is 6.92 Å². The first-order valence-electron chi connectivity index (χ1n) is 4.19. The summed E-state index contributed by atoms with van der Waals surface area (Å²) in [6.45, 7) is -0.736. The van der Waals surface area contributed by atoms with E-state index in [2.05, 4.69) is 4.74 Å². The number of ether oxygens (including phenoxy) is 1. The molecule has 0 bridgehead atoms. The molecule has 0 fully saturated rings. The maximum absolute atomic E-state index is 13.0. The van der Waals surface area contributed by atoms with Gasteiger partial charge in [0.2, 0.25) is 0 Å². The van der Waals surface area contributed by atoms with Crippen molar-refractivity contribution < 1.29 is 30.7 Å². The Morgan fingerprint density at radius 2 is 1.69 bits per heavy atom. The first-order chi connectivity index (χ1) is 6.98. The van der Waals surface area contributed by atoms with Crippen LogP contribution in [0.3, 0.4) is 0 Å². The molecule has 0 spiro atoms. The lowest BCUT2D eigenvalue weighted by molar-refractivity contribution is -0.145. The molecule has 0 aromatic carbocycles. The number of hydrogen-bond donors (Lipinski definition) is 0. The van der Waals surface area contributed by atoms with Crippen LogP contribution in [0.25, 0.3) is 0 Å². The van der Waals surface area contributed by atoms with E-state index >= 15 is 0 Å². The summed E-state index contributed by atoms with van der Waals surface area (Å²) in [6.07, 6.45) is 0. The summed E-state index contributed by atoms with van der Waals surface area (Å²) in [5.41, 5.74) is 0. The Bertz CT molecular complexity index is 325. The number of sulfonamides is 1. The smallest absolute Gasteiger partial charge is 0.383 e. The van der Waals surface area contributed by atoms with Crippen LogP contribution in [0.15, 0.2) is 0 Å². The molecule has 0 saturated carbocycles. The minimum atomic E-state index is -5.40. The zero-order chi connectivity index (χ0) is 13.2. The van der Waals surface area contributed by atoms with E-state index in [1.807, 2.05) is 0 Å². The van der Waals surface area contributed by atoms with Crippen LogP contribution in [-0.2, 0) is 14.8 Å². The minimum absolute atomic E-state index is 0.144. The van der Waals surface area contributed by atoms with Gasteiger partial charge in [0, 0.05) is 27.6 Å². The van der Waals surface area contributed by atoms with Crippen LogP contribution < -0.4 is 0 Å². The number of rotatable bonds is 6. The summed E-state index contributed by atoms with van der Waals surface area (Å²) in [4.78, 5) is 0. The number of nitrogens with zero attached hydrogens (tertiary/aromatic N) is 1. The Balaban J connectivity index is 5.06. The summed E-state index contributed by atoms with van der Waals surface area (Å²) in [5.74, 6) is -4.65. The lowest BCUT2D eigenvalue weighted by Crippen LogP contribution is -2.51. The van der Waals surface area contributed by atoms with Gasteiger partial charge < -0.3 is 4.74 Å². The highest BCUT2D eigenvalue weighted by Crippen LogP contribution is 2.39. The summed E-state index contributed by atoms with van der Waals surface area (Å²) < 4.78 is 77.8. The first-order valence-corrected chi connectivity index (χ1v) is 5.63. The highest BCUT2D eigenvalue weighted by Gasteiger charge is 2.63. The first kappa shape index (κ1) is 15.6. The van der Waals surface area contributed by atoms with Gasteiger partial charge in [0.25, 0.3) is 10.0 Å². The Kier molecular flexibility index (Phi) is 4.72. The molecule has 0 heterocycles. The lowest BCUT2D eigenvalue weighted by Gasteiger charge is -2.27.